The lowest BCUT2D eigenvalue weighted by atomic mass is 9.78. The van der Waals surface area contributed by atoms with Crippen LogP contribution < -0.4 is 0 Å². The van der Waals surface area contributed by atoms with Gasteiger partial charge < -0.3 is 47.5 Å². The maximum absolute atomic E-state index is 13.7. The number of esters is 4. The molecule has 4 heterocycles. The number of carbonyl (C=O) groups is 6. The molecule has 2 aromatic heterocycles. The molecule has 0 aromatic carbocycles. The number of epoxide rings is 1. The fourth-order valence-corrected chi connectivity index (χ4v) is 6.85. The molecule has 2 aromatic rings. The van der Waals surface area contributed by atoms with Gasteiger partial charge in [0.25, 0.3) is 0 Å². The van der Waals surface area contributed by atoms with Crippen molar-refractivity contribution in [2.75, 3.05) is 7.11 Å². The molecule has 2 aliphatic heterocycles. The first kappa shape index (κ1) is 54.7. The Bertz CT molecular complexity index is 2320. The summed E-state index contributed by atoms with van der Waals surface area (Å²) in [5, 5.41) is 18.2. The lowest BCUT2D eigenvalue weighted by molar-refractivity contribution is -0.158. The second-order valence-corrected chi connectivity index (χ2v) is 17.2. The van der Waals surface area contributed by atoms with Gasteiger partial charge in [0.2, 0.25) is 5.89 Å². The molecule has 1 fully saturated rings. The topological polar surface area (TPSA) is 254 Å². The number of methoxy groups -OCH3 is 1. The maximum Gasteiger partial charge on any atom is 0.360 e. The summed E-state index contributed by atoms with van der Waals surface area (Å²) in [7, 11) is 1.51. The van der Waals surface area contributed by atoms with Gasteiger partial charge in [0.15, 0.2) is 17.3 Å². The third kappa shape index (κ3) is 17.6. The van der Waals surface area contributed by atoms with Crippen LogP contribution in [0.5, 0.6) is 0 Å². The van der Waals surface area contributed by atoms with Crippen LogP contribution in [-0.2, 0) is 54.0 Å². The highest BCUT2D eigenvalue weighted by molar-refractivity contribution is 5.87. The van der Waals surface area contributed by atoms with Crippen molar-refractivity contribution in [2.45, 2.75) is 129 Å². The van der Waals surface area contributed by atoms with E-state index in [1.54, 1.807) is 133 Å². The van der Waals surface area contributed by atoms with Crippen LogP contribution >= 0.6 is 0 Å². The fourth-order valence-electron chi connectivity index (χ4n) is 6.85. The Balaban J connectivity index is 1.62. The van der Waals surface area contributed by atoms with E-state index in [1.807, 2.05) is 6.08 Å². The van der Waals surface area contributed by atoms with E-state index in [1.165, 1.54) is 19.6 Å². The molecule has 7 atom stereocenters. The Morgan fingerprint density at radius 2 is 1.22 bits per heavy atom. The van der Waals surface area contributed by atoms with Gasteiger partial charge in [-0.1, -0.05) is 107 Å². The largest absolute Gasteiger partial charge is 0.481 e. The molecule has 18 heteroatoms. The summed E-state index contributed by atoms with van der Waals surface area (Å²) in [6, 6.07) is 0. The van der Waals surface area contributed by atoms with Crippen molar-refractivity contribution in [1.29, 1.82) is 0 Å². The minimum atomic E-state index is -1.14. The molecule has 0 saturated carbocycles. The number of aliphatic carboxylic acids is 2. The van der Waals surface area contributed by atoms with E-state index in [0.29, 0.717) is 0 Å². The number of carboxylic acids is 2. The number of rotatable bonds is 15. The van der Waals surface area contributed by atoms with Gasteiger partial charge in [-0.25, -0.2) is 19.6 Å². The number of carboxylic acid groups (broad SMARTS) is 2. The van der Waals surface area contributed by atoms with Crippen molar-refractivity contribution in [3.05, 3.63) is 127 Å². The molecule has 2 N–H and O–H groups in total. The highest BCUT2D eigenvalue weighted by Gasteiger charge is 2.43. The van der Waals surface area contributed by atoms with Gasteiger partial charge in [-0.3, -0.25) is 19.2 Å². The quantitative estimate of drug-likeness (QED) is 0.0740. The van der Waals surface area contributed by atoms with E-state index in [2.05, 4.69) is 9.97 Å². The van der Waals surface area contributed by atoms with E-state index in [4.69, 9.17) is 47.5 Å². The third-order valence-electron chi connectivity index (χ3n) is 11.2. The molecule has 18 nitrogen and oxygen atoms in total. The Morgan fingerprint density at radius 3 is 1.78 bits per heavy atom. The molecule has 1 saturated heterocycles. The van der Waals surface area contributed by atoms with Gasteiger partial charge >= 0.3 is 35.8 Å². The lowest BCUT2D eigenvalue weighted by Gasteiger charge is -2.38. The van der Waals surface area contributed by atoms with Crippen LogP contribution in [0.15, 0.2) is 113 Å². The summed E-state index contributed by atoms with van der Waals surface area (Å²) in [6.07, 6.45) is 24.2. The molecule has 4 rings (SSSR count). The first-order valence-corrected chi connectivity index (χ1v) is 22.5. The summed E-state index contributed by atoms with van der Waals surface area (Å²) < 4.78 is 46.2. The van der Waals surface area contributed by atoms with Crippen molar-refractivity contribution in [3.63, 3.8) is 0 Å². The summed E-state index contributed by atoms with van der Waals surface area (Å²) >= 11 is 0. The Hall–Kier alpha value is -6.92. The van der Waals surface area contributed by atoms with E-state index >= 15 is 0 Å². The number of hydrogen-bond acceptors (Lipinski definition) is 16. The van der Waals surface area contributed by atoms with Gasteiger partial charge in [-0.05, 0) is 26.0 Å². The molecule has 372 valence electrons. The minimum absolute atomic E-state index is 0.0929. The number of cyclic esters (lactones) is 2. The van der Waals surface area contributed by atoms with Crippen LogP contribution in [0, 0.1) is 10.8 Å². The van der Waals surface area contributed by atoms with E-state index in [9.17, 15) is 28.8 Å². The van der Waals surface area contributed by atoms with Crippen molar-refractivity contribution >= 4 is 41.9 Å². The molecule has 0 amide bonds. The molecule has 2 aliphatic rings. The van der Waals surface area contributed by atoms with E-state index in [-0.39, 0.29) is 67.5 Å². The number of allylic oxidation sites excluding steroid dienone is 8. The van der Waals surface area contributed by atoms with Crippen LogP contribution in [0.2, 0.25) is 0 Å². The lowest BCUT2D eigenvalue weighted by Crippen LogP contribution is -2.44. The normalized spacial score (nSPS) is 24.6. The molecule has 0 aliphatic carbocycles. The zero-order valence-corrected chi connectivity index (χ0v) is 39.9. The molecule has 0 spiro atoms. The van der Waals surface area contributed by atoms with E-state index in [0.717, 1.165) is 0 Å². The number of carbonyl (C=O) groups excluding carboxylic acids is 4. The monoisotopic (exact) mass is 958 g/mol. The zero-order valence-electron chi connectivity index (χ0n) is 39.9. The Morgan fingerprint density at radius 1 is 0.696 bits per heavy atom. The molecular weight excluding hydrogens is 897 g/mol. The van der Waals surface area contributed by atoms with E-state index < -0.39 is 90.0 Å². The second-order valence-electron chi connectivity index (χ2n) is 17.2. The number of hydrogen-bond donors (Lipinski definition) is 2. The van der Waals surface area contributed by atoms with Crippen molar-refractivity contribution < 1.29 is 76.2 Å². The highest BCUT2D eigenvalue weighted by Crippen LogP contribution is 2.36. The van der Waals surface area contributed by atoms with Crippen LogP contribution in [0.25, 0.3) is 6.08 Å². The fraction of sp³-hybridized carbons (Fsp3) is 0.451. The molecule has 1 unspecified atom stereocenters. The molecule has 4 bridgehead atoms. The Kier molecular flexibility index (Phi) is 21.1. The van der Waals surface area contributed by atoms with Gasteiger partial charge in [0, 0.05) is 36.9 Å². The van der Waals surface area contributed by atoms with Crippen LogP contribution in [-0.4, -0.2) is 106 Å². The molecule has 0 radical (unpaired) electrons. The first-order valence-electron chi connectivity index (χ1n) is 22.5. The average molecular weight is 959 g/mol. The molecular formula is C51H62N2O16. The van der Waals surface area contributed by atoms with Crippen LogP contribution in [0.3, 0.4) is 0 Å². The number of ether oxygens (including phenoxy) is 6. The molecule has 69 heavy (non-hydrogen) atoms. The number of nitrogens with zero attached hydrogens (tertiary/aromatic N) is 2. The summed E-state index contributed by atoms with van der Waals surface area (Å²) in [6.45, 7) is 10.6. The van der Waals surface area contributed by atoms with Gasteiger partial charge in [-0.2, -0.15) is 0 Å². The predicted octanol–water partition coefficient (Wildman–Crippen LogP) is 8.08. The first-order chi connectivity index (χ1) is 32.9. The van der Waals surface area contributed by atoms with Gasteiger partial charge in [0.05, 0.1) is 38.2 Å². The third-order valence-corrected chi connectivity index (χ3v) is 11.2. The highest BCUT2D eigenvalue weighted by atomic mass is 16.6. The SMILES string of the molecule is C/C=C/[C@H](OC(=O)CCC(=O)O)C(C)(C)C1C\C=C/C=C\C=C\[C@H](OC)Cc2nc(co2)C(=O)O[C@H](C(C)(C)[C@H](/C=C/C)OC(=O)CCC(=O)O)C/C=C\[C@H]2O[C@H]2/C=C/C=C\c2nc(co2)C(=O)O1. The van der Waals surface area contributed by atoms with Gasteiger partial charge in [-0.15, -0.1) is 0 Å². The summed E-state index contributed by atoms with van der Waals surface area (Å²) in [5.41, 5.74) is -2.25. The minimum Gasteiger partial charge on any atom is -0.481 e. The number of aromatic nitrogens is 2. The summed E-state index contributed by atoms with van der Waals surface area (Å²) in [4.78, 5) is 83.6. The van der Waals surface area contributed by atoms with Crippen molar-refractivity contribution in [1.82, 2.24) is 9.97 Å². The maximum atomic E-state index is 13.7. The second kappa shape index (κ2) is 26.6. The average Bonchev–Trinajstić information content (AvgIpc) is 3.60. The van der Waals surface area contributed by atoms with Crippen molar-refractivity contribution in [3.8, 4) is 0 Å². The Labute approximate surface area is 401 Å². The zero-order chi connectivity index (χ0) is 50.6. The van der Waals surface area contributed by atoms with Gasteiger partial charge in [0.1, 0.15) is 49.2 Å². The van der Waals surface area contributed by atoms with Crippen LogP contribution in [0.4, 0.5) is 0 Å². The number of fused-ring (bicyclic) bond motifs is 5. The van der Waals surface area contributed by atoms with Crippen molar-refractivity contribution in [2.24, 2.45) is 10.8 Å². The van der Waals surface area contributed by atoms with Crippen LogP contribution in [0.1, 0.15) is 113 Å². The number of oxazole rings is 2. The smallest absolute Gasteiger partial charge is 0.360 e. The standard InChI is InChI=1S/C51H62N2O16/c1-8-18-38(66-46(58)28-26-44(54)55)50(3,4)40-23-14-12-10-11-13-20-33(62-7)30-43-53-35(32-64-43)49(61)69-41(51(5,6)39(19-9-2)67-47(59)29-27-45(56)57)24-17-22-37-36(65-37)21-15-16-25-42-52-34(31-63-42)48(60)68-40/h8-22,25,31-33,36-41H,23-24,26-30H2,1-7H3,(H,54,55)(H,56,57)/b11-10-,14-12-,18-8+,19-9+,20-13+,21-15+,22-17-,25-16-/t33-,36-,37+,38-,39-,40?,41-/m0/s1. The predicted molar refractivity (Wildman–Crippen MR) is 249 cm³/mol. The summed E-state index contributed by atoms with van der Waals surface area (Å²) in [5.74, 6) is -4.96.